The van der Waals surface area contributed by atoms with Gasteiger partial charge in [0, 0.05) is 10.6 Å². The van der Waals surface area contributed by atoms with Crippen LogP contribution in [0.2, 0.25) is 5.02 Å². The van der Waals surface area contributed by atoms with Gasteiger partial charge in [0.15, 0.2) is 16.3 Å². The Balaban J connectivity index is 1.81. The molecule has 13 heteroatoms. The van der Waals surface area contributed by atoms with Crippen molar-refractivity contribution >= 4 is 40.7 Å². The first-order valence-corrected chi connectivity index (χ1v) is 13.6. The van der Waals surface area contributed by atoms with Crippen molar-refractivity contribution in [3.05, 3.63) is 87.6 Å². The lowest BCUT2D eigenvalue weighted by Gasteiger charge is -2.27. The van der Waals surface area contributed by atoms with Gasteiger partial charge in [-0.05, 0) is 43.7 Å². The van der Waals surface area contributed by atoms with E-state index in [1.165, 1.54) is 29.9 Å². The Morgan fingerprint density at radius 3 is 2.70 bits per heavy atom. The molecule has 1 atom stereocenters. The molecule has 0 bridgehead atoms. The van der Waals surface area contributed by atoms with Crippen LogP contribution in [0.1, 0.15) is 43.9 Å². The Labute approximate surface area is 236 Å². The van der Waals surface area contributed by atoms with E-state index >= 15 is 0 Å². The molecule has 0 radical (unpaired) electrons. The molecule has 40 heavy (non-hydrogen) atoms. The van der Waals surface area contributed by atoms with Crippen molar-refractivity contribution in [3.8, 4) is 17.2 Å². The van der Waals surface area contributed by atoms with Crippen molar-refractivity contribution < 1.29 is 28.7 Å². The Morgan fingerprint density at radius 2 is 2.02 bits per heavy atom. The number of nitro groups is 1. The fourth-order valence-electron chi connectivity index (χ4n) is 4.70. The molecule has 2 aliphatic rings. The predicted molar refractivity (Wildman–Crippen MR) is 147 cm³/mol. The SMILES string of the molecule is CCCC1=C(C(=O)OCC)[C@@H](c2cc(Cl)ccc2OC)n2c(s/c(=C/c3cc4c(cc3[N+](=O)[O-])OCO4)c2=O)=N1. The summed E-state index contributed by atoms with van der Waals surface area (Å²) < 4.78 is 23.2. The van der Waals surface area contributed by atoms with Crippen LogP contribution in [0.25, 0.3) is 6.08 Å². The summed E-state index contributed by atoms with van der Waals surface area (Å²) in [6.07, 6.45) is 2.55. The Morgan fingerprint density at radius 1 is 1.27 bits per heavy atom. The van der Waals surface area contributed by atoms with Crippen molar-refractivity contribution in [1.29, 1.82) is 0 Å². The monoisotopic (exact) mass is 585 g/mol. The van der Waals surface area contributed by atoms with Gasteiger partial charge in [-0.3, -0.25) is 19.5 Å². The van der Waals surface area contributed by atoms with E-state index in [1.54, 1.807) is 25.1 Å². The summed E-state index contributed by atoms with van der Waals surface area (Å²) in [7, 11) is 1.48. The number of carbonyl (C=O) groups excluding carboxylic acids is 1. The van der Waals surface area contributed by atoms with E-state index in [2.05, 4.69) is 0 Å². The topological polar surface area (TPSA) is 131 Å². The Kier molecular flexibility index (Phi) is 7.63. The number of aromatic nitrogens is 1. The average molecular weight is 586 g/mol. The van der Waals surface area contributed by atoms with Gasteiger partial charge >= 0.3 is 5.97 Å². The van der Waals surface area contributed by atoms with Gasteiger partial charge in [0.05, 0.1) is 46.1 Å². The molecule has 0 saturated carbocycles. The molecule has 0 N–H and O–H groups in total. The molecule has 2 aliphatic heterocycles. The maximum Gasteiger partial charge on any atom is 0.338 e. The molecule has 0 aliphatic carbocycles. The average Bonchev–Trinajstić information content (AvgIpc) is 3.51. The quantitative estimate of drug-likeness (QED) is 0.221. The van der Waals surface area contributed by atoms with Crippen LogP contribution in [0.3, 0.4) is 0 Å². The van der Waals surface area contributed by atoms with E-state index in [0.717, 1.165) is 11.3 Å². The van der Waals surface area contributed by atoms with Crippen molar-refractivity contribution in [3.63, 3.8) is 0 Å². The van der Waals surface area contributed by atoms with Crippen LogP contribution < -0.4 is 29.1 Å². The minimum Gasteiger partial charge on any atom is -0.496 e. The largest absolute Gasteiger partial charge is 0.496 e. The van der Waals surface area contributed by atoms with Gasteiger partial charge in [-0.15, -0.1) is 0 Å². The zero-order chi connectivity index (χ0) is 28.6. The number of nitro benzene ring substituents is 1. The van der Waals surface area contributed by atoms with Crippen molar-refractivity contribution in [1.82, 2.24) is 4.57 Å². The normalized spacial score (nSPS) is 16.0. The minimum absolute atomic E-state index is 0.0591. The van der Waals surface area contributed by atoms with Crippen molar-refractivity contribution in [2.75, 3.05) is 20.5 Å². The van der Waals surface area contributed by atoms with Crippen molar-refractivity contribution in [2.45, 2.75) is 32.7 Å². The first kappa shape index (κ1) is 27.4. The number of hydrogen-bond donors (Lipinski definition) is 0. The smallest absolute Gasteiger partial charge is 0.338 e. The second-order valence-corrected chi connectivity index (χ2v) is 10.3. The predicted octanol–water partition coefficient (Wildman–Crippen LogP) is 3.88. The summed E-state index contributed by atoms with van der Waals surface area (Å²) in [4.78, 5) is 43.7. The van der Waals surface area contributed by atoms with Crippen LogP contribution in [0.15, 0.2) is 51.4 Å². The molecule has 3 aromatic rings. The Bertz CT molecular complexity index is 1740. The molecule has 208 valence electrons. The summed E-state index contributed by atoms with van der Waals surface area (Å²) in [5, 5.41) is 12.2. The number of ether oxygens (including phenoxy) is 4. The molecule has 0 spiro atoms. The van der Waals surface area contributed by atoms with E-state index in [-0.39, 0.29) is 40.5 Å². The zero-order valence-corrected chi connectivity index (χ0v) is 23.3. The van der Waals surface area contributed by atoms with Crippen LogP contribution >= 0.6 is 22.9 Å². The van der Waals surface area contributed by atoms with Gasteiger partial charge in [-0.2, -0.15) is 0 Å². The number of rotatable bonds is 8. The number of methoxy groups -OCH3 is 1. The van der Waals surface area contributed by atoms with Gasteiger partial charge in [0.2, 0.25) is 6.79 Å². The van der Waals surface area contributed by atoms with E-state index in [9.17, 15) is 19.7 Å². The second kappa shape index (κ2) is 11.1. The highest BCUT2D eigenvalue weighted by molar-refractivity contribution is 7.07. The molecular formula is C27H24ClN3O8S. The van der Waals surface area contributed by atoms with E-state index in [0.29, 0.717) is 45.4 Å². The molecule has 0 unspecified atom stereocenters. The third-order valence-corrected chi connectivity index (χ3v) is 7.60. The summed E-state index contributed by atoms with van der Waals surface area (Å²) in [5.74, 6) is 0.389. The first-order chi connectivity index (χ1) is 19.3. The highest BCUT2D eigenvalue weighted by Crippen LogP contribution is 2.39. The molecule has 0 saturated heterocycles. The van der Waals surface area contributed by atoms with Gasteiger partial charge in [-0.1, -0.05) is 36.3 Å². The molecule has 1 aromatic heterocycles. The number of esters is 1. The molecule has 0 amide bonds. The summed E-state index contributed by atoms with van der Waals surface area (Å²) in [6, 6.07) is 6.71. The molecule has 5 rings (SSSR count). The fourth-order valence-corrected chi connectivity index (χ4v) is 5.89. The standard InChI is InChI=1S/C27H24ClN3O8S/c1-4-6-17-23(26(33)37-5-2)24(16-11-15(28)7-8-19(16)36-3)30-25(32)22(40-27(30)29-17)10-14-9-20-21(39-13-38-20)12-18(14)31(34)35/h7-12,24H,4-6,13H2,1-3H3/b22-10+/t24-/m1/s1. The van der Waals surface area contributed by atoms with E-state index in [1.807, 2.05) is 6.92 Å². The zero-order valence-electron chi connectivity index (χ0n) is 21.8. The minimum atomic E-state index is -0.959. The van der Waals surface area contributed by atoms with E-state index in [4.69, 9.17) is 35.5 Å². The summed E-state index contributed by atoms with van der Waals surface area (Å²) in [5.41, 5.74) is 0.576. The van der Waals surface area contributed by atoms with Crippen LogP contribution in [-0.4, -0.2) is 36.0 Å². The number of benzene rings is 2. The molecule has 2 aromatic carbocycles. The highest BCUT2D eigenvalue weighted by atomic mass is 35.5. The van der Waals surface area contributed by atoms with Gasteiger partial charge in [-0.25, -0.2) is 9.79 Å². The number of thiazole rings is 1. The van der Waals surface area contributed by atoms with Crippen LogP contribution in [0.5, 0.6) is 17.2 Å². The maximum atomic E-state index is 14.0. The first-order valence-electron chi connectivity index (χ1n) is 12.4. The Hall–Kier alpha value is -4.16. The van der Waals surface area contributed by atoms with E-state index < -0.39 is 22.5 Å². The lowest BCUT2D eigenvalue weighted by molar-refractivity contribution is -0.385. The number of allylic oxidation sites excluding steroid dienone is 1. The van der Waals surface area contributed by atoms with Gasteiger partial charge in [0.25, 0.3) is 11.2 Å². The lowest BCUT2D eigenvalue weighted by atomic mass is 9.93. The number of hydrogen-bond acceptors (Lipinski definition) is 10. The molecule has 3 heterocycles. The number of halogens is 1. The van der Waals surface area contributed by atoms with Crippen LogP contribution in [-0.2, 0) is 9.53 Å². The molecular weight excluding hydrogens is 562 g/mol. The third kappa shape index (κ3) is 4.84. The fraction of sp³-hybridized carbons (Fsp3) is 0.296. The van der Waals surface area contributed by atoms with Crippen LogP contribution in [0, 0.1) is 10.1 Å². The number of nitrogens with zero attached hydrogens (tertiary/aromatic N) is 3. The lowest BCUT2D eigenvalue weighted by Crippen LogP contribution is -2.40. The maximum absolute atomic E-state index is 14.0. The van der Waals surface area contributed by atoms with Gasteiger partial charge in [0.1, 0.15) is 11.8 Å². The molecule has 11 nitrogen and oxygen atoms in total. The molecule has 0 fully saturated rings. The van der Waals surface area contributed by atoms with Crippen molar-refractivity contribution in [2.24, 2.45) is 4.99 Å². The summed E-state index contributed by atoms with van der Waals surface area (Å²) >= 11 is 7.42. The number of carbonyl (C=O) groups is 1. The second-order valence-electron chi connectivity index (χ2n) is 8.82. The summed E-state index contributed by atoms with van der Waals surface area (Å²) in [6.45, 7) is 3.71. The van der Waals surface area contributed by atoms with Crippen LogP contribution in [0.4, 0.5) is 5.69 Å². The number of fused-ring (bicyclic) bond motifs is 2. The third-order valence-electron chi connectivity index (χ3n) is 6.38. The van der Waals surface area contributed by atoms with Gasteiger partial charge < -0.3 is 18.9 Å². The highest BCUT2D eigenvalue weighted by Gasteiger charge is 2.36.